The molecule has 1 fully saturated rings. The molecule has 0 saturated carbocycles. The second-order valence-corrected chi connectivity index (χ2v) is 7.81. The minimum atomic E-state index is -0.866. The monoisotopic (exact) mass is 444 g/mol. The summed E-state index contributed by atoms with van der Waals surface area (Å²) in [4.78, 5) is 32.3. The van der Waals surface area contributed by atoms with Crippen molar-refractivity contribution >= 4 is 23.1 Å². The molecule has 33 heavy (non-hydrogen) atoms. The first-order valence-electron chi connectivity index (χ1n) is 10.4. The van der Waals surface area contributed by atoms with Crippen LogP contribution in [0.3, 0.4) is 0 Å². The number of methoxy groups -OCH3 is 2. The van der Waals surface area contributed by atoms with Gasteiger partial charge >= 0.3 is 0 Å². The van der Waals surface area contributed by atoms with Gasteiger partial charge in [-0.3, -0.25) is 19.5 Å². The van der Waals surface area contributed by atoms with Crippen LogP contribution in [-0.4, -0.2) is 36.0 Å². The number of amides is 1. The largest absolute Gasteiger partial charge is 0.507 e. The highest BCUT2D eigenvalue weighted by molar-refractivity contribution is 6.51. The highest BCUT2D eigenvalue weighted by Gasteiger charge is 2.47. The van der Waals surface area contributed by atoms with Crippen LogP contribution in [0.5, 0.6) is 11.5 Å². The van der Waals surface area contributed by atoms with E-state index < -0.39 is 17.7 Å². The topological polar surface area (TPSA) is 89.0 Å². The molecule has 1 aromatic heterocycles. The summed E-state index contributed by atoms with van der Waals surface area (Å²) >= 11 is 0. The Morgan fingerprint density at radius 1 is 1.03 bits per heavy atom. The number of carbonyl (C=O) groups excluding carboxylic acids is 2. The Bertz CT molecular complexity index is 1270. The van der Waals surface area contributed by atoms with E-state index >= 15 is 0 Å². The van der Waals surface area contributed by atoms with Crippen molar-refractivity contribution in [3.63, 3.8) is 0 Å². The SMILES string of the molecule is COc1ccc(OC)c(/C(O)=C2\C(=O)C(=O)N(c3cc(C)ccc3C)C2c2cccnc2)c1. The molecule has 7 nitrogen and oxygen atoms in total. The van der Waals surface area contributed by atoms with E-state index in [1.165, 1.54) is 19.1 Å². The van der Waals surface area contributed by atoms with E-state index in [0.29, 0.717) is 22.7 Å². The van der Waals surface area contributed by atoms with Crippen molar-refractivity contribution in [3.8, 4) is 11.5 Å². The Balaban J connectivity index is 2.01. The second kappa shape index (κ2) is 8.78. The lowest BCUT2D eigenvalue weighted by Crippen LogP contribution is -2.30. The maximum atomic E-state index is 13.3. The smallest absolute Gasteiger partial charge is 0.300 e. The third kappa shape index (κ3) is 3.82. The zero-order chi connectivity index (χ0) is 23.7. The number of ketones is 1. The Morgan fingerprint density at radius 2 is 1.82 bits per heavy atom. The number of hydrogen-bond donors (Lipinski definition) is 1. The lowest BCUT2D eigenvalue weighted by molar-refractivity contribution is -0.132. The van der Waals surface area contributed by atoms with Gasteiger partial charge in [0, 0.05) is 18.1 Å². The Morgan fingerprint density at radius 3 is 2.48 bits per heavy atom. The molecule has 7 heteroatoms. The van der Waals surface area contributed by atoms with Gasteiger partial charge in [-0.25, -0.2) is 0 Å². The van der Waals surface area contributed by atoms with E-state index in [-0.39, 0.29) is 16.9 Å². The quantitative estimate of drug-likeness (QED) is 0.358. The van der Waals surface area contributed by atoms with Crippen molar-refractivity contribution in [2.45, 2.75) is 19.9 Å². The van der Waals surface area contributed by atoms with E-state index in [9.17, 15) is 14.7 Å². The van der Waals surface area contributed by atoms with Crippen molar-refractivity contribution in [1.82, 2.24) is 4.98 Å². The first-order chi connectivity index (χ1) is 15.9. The first-order valence-corrected chi connectivity index (χ1v) is 10.4. The van der Waals surface area contributed by atoms with Crippen LogP contribution in [0.4, 0.5) is 5.69 Å². The molecular formula is C26H24N2O5. The van der Waals surface area contributed by atoms with Gasteiger partial charge in [0.15, 0.2) is 0 Å². The Hall–Kier alpha value is -4.13. The third-order valence-corrected chi connectivity index (χ3v) is 5.73. The molecule has 0 bridgehead atoms. The van der Waals surface area contributed by atoms with Crippen LogP contribution in [-0.2, 0) is 9.59 Å². The molecule has 1 aliphatic rings. The standard InChI is InChI=1S/C26H24N2O5/c1-15-7-8-16(2)20(12-15)28-23(17-6-5-11-27-14-17)22(25(30)26(28)31)24(29)19-13-18(32-3)9-10-21(19)33-4/h5-14,23,29H,1-4H3/b24-22+. The van der Waals surface area contributed by atoms with Gasteiger partial charge in [-0.15, -0.1) is 0 Å². The van der Waals surface area contributed by atoms with Crippen LogP contribution < -0.4 is 14.4 Å². The zero-order valence-corrected chi connectivity index (χ0v) is 18.8. The van der Waals surface area contributed by atoms with Gasteiger partial charge in [-0.1, -0.05) is 18.2 Å². The van der Waals surface area contributed by atoms with Crippen LogP contribution in [0.15, 0.2) is 66.5 Å². The van der Waals surface area contributed by atoms with E-state index in [2.05, 4.69) is 4.98 Å². The molecule has 0 spiro atoms. The number of carbonyl (C=O) groups is 2. The van der Waals surface area contributed by atoms with E-state index in [0.717, 1.165) is 11.1 Å². The molecule has 0 aliphatic carbocycles. The average molecular weight is 444 g/mol. The number of Topliss-reactive ketones (excluding diaryl/α,β-unsaturated/α-hetero) is 1. The van der Waals surface area contributed by atoms with Gasteiger partial charge in [-0.05, 0) is 60.9 Å². The molecule has 1 atom stereocenters. The number of nitrogens with zero attached hydrogens (tertiary/aromatic N) is 2. The summed E-state index contributed by atoms with van der Waals surface area (Å²) in [7, 11) is 2.96. The van der Waals surface area contributed by atoms with Crippen LogP contribution in [0, 0.1) is 13.8 Å². The molecule has 1 aliphatic heterocycles. The predicted octanol–water partition coefficient (Wildman–Crippen LogP) is 4.34. The highest BCUT2D eigenvalue weighted by Crippen LogP contribution is 2.44. The molecule has 0 radical (unpaired) electrons. The fourth-order valence-electron chi connectivity index (χ4n) is 4.06. The summed E-state index contributed by atoms with van der Waals surface area (Å²) in [6.07, 6.45) is 3.20. The lowest BCUT2D eigenvalue weighted by Gasteiger charge is -2.27. The number of hydrogen-bond acceptors (Lipinski definition) is 6. The Labute approximate surface area is 191 Å². The van der Waals surface area contributed by atoms with Crippen molar-refractivity contribution < 1.29 is 24.2 Å². The number of benzene rings is 2. The average Bonchev–Trinajstić information content (AvgIpc) is 3.10. The summed E-state index contributed by atoms with van der Waals surface area (Å²) in [5, 5.41) is 11.4. The molecule has 168 valence electrons. The zero-order valence-electron chi connectivity index (χ0n) is 18.8. The van der Waals surface area contributed by atoms with Gasteiger partial charge < -0.3 is 14.6 Å². The Kier molecular flexibility index (Phi) is 5.87. The molecule has 1 N–H and O–H groups in total. The van der Waals surface area contributed by atoms with Gasteiger partial charge in [0.2, 0.25) is 0 Å². The fraction of sp³-hybridized carbons (Fsp3) is 0.192. The van der Waals surface area contributed by atoms with E-state index in [1.807, 2.05) is 32.0 Å². The molecule has 1 saturated heterocycles. The first kappa shape index (κ1) is 22.1. The number of aryl methyl sites for hydroxylation is 2. The van der Waals surface area contributed by atoms with E-state index in [4.69, 9.17) is 9.47 Å². The molecule has 2 heterocycles. The highest BCUT2D eigenvalue weighted by atomic mass is 16.5. The van der Waals surface area contributed by atoms with Crippen LogP contribution in [0.1, 0.15) is 28.3 Å². The maximum absolute atomic E-state index is 13.3. The number of rotatable bonds is 5. The van der Waals surface area contributed by atoms with Crippen molar-refractivity contribution in [3.05, 3.63) is 88.8 Å². The summed E-state index contributed by atoms with van der Waals surface area (Å²) in [6.45, 7) is 3.79. The molecule has 2 aromatic carbocycles. The summed E-state index contributed by atoms with van der Waals surface area (Å²) in [5.41, 5.74) is 3.18. The maximum Gasteiger partial charge on any atom is 0.300 e. The fourth-order valence-corrected chi connectivity index (χ4v) is 4.06. The number of anilines is 1. The van der Waals surface area contributed by atoms with Gasteiger partial charge in [0.05, 0.1) is 31.4 Å². The van der Waals surface area contributed by atoms with Crippen LogP contribution >= 0.6 is 0 Å². The van der Waals surface area contributed by atoms with Crippen molar-refractivity contribution in [2.24, 2.45) is 0 Å². The van der Waals surface area contributed by atoms with Crippen LogP contribution in [0.2, 0.25) is 0 Å². The second-order valence-electron chi connectivity index (χ2n) is 7.81. The van der Waals surface area contributed by atoms with Gasteiger partial charge in [0.1, 0.15) is 17.3 Å². The number of pyridine rings is 1. The van der Waals surface area contributed by atoms with Crippen LogP contribution in [0.25, 0.3) is 5.76 Å². The number of aromatic nitrogens is 1. The van der Waals surface area contributed by atoms with Gasteiger partial charge in [-0.2, -0.15) is 0 Å². The predicted molar refractivity (Wildman–Crippen MR) is 124 cm³/mol. The summed E-state index contributed by atoms with van der Waals surface area (Å²) < 4.78 is 10.7. The minimum Gasteiger partial charge on any atom is -0.507 e. The van der Waals surface area contributed by atoms with Gasteiger partial charge in [0.25, 0.3) is 11.7 Å². The molecule has 3 aromatic rings. The summed E-state index contributed by atoms with van der Waals surface area (Å²) in [5.74, 6) is -1.03. The van der Waals surface area contributed by atoms with Crippen molar-refractivity contribution in [2.75, 3.05) is 19.1 Å². The minimum absolute atomic E-state index is 0.0412. The third-order valence-electron chi connectivity index (χ3n) is 5.73. The molecule has 1 amide bonds. The lowest BCUT2D eigenvalue weighted by atomic mass is 9.95. The summed E-state index contributed by atoms with van der Waals surface area (Å²) in [6, 6.07) is 13.2. The molecular weight excluding hydrogens is 420 g/mol. The normalized spacial score (nSPS) is 17.3. The molecule has 1 unspecified atom stereocenters. The number of aliphatic hydroxyl groups is 1. The van der Waals surface area contributed by atoms with Crippen molar-refractivity contribution in [1.29, 1.82) is 0 Å². The number of ether oxygens (including phenoxy) is 2. The molecule has 4 rings (SSSR count). The number of aliphatic hydroxyl groups excluding tert-OH is 1. The van der Waals surface area contributed by atoms with E-state index in [1.54, 1.807) is 42.7 Å².